The summed E-state index contributed by atoms with van der Waals surface area (Å²) in [6.45, 7) is 17.5. The van der Waals surface area contributed by atoms with Crippen LogP contribution in [-0.2, 0) is 0 Å². The maximum Gasteiger partial charge on any atom is 0.214 e. The molecule has 0 aromatic heterocycles. The fourth-order valence-electron chi connectivity index (χ4n) is 3.09. The van der Waals surface area contributed by atoms with Gasteiger partial charge in [-0.3, -0.25) is 14.1 Å². The second-order valence-corrected chi connectivity index (χ2v) is 9.00. The minimum Gasteiger partial charge on any atom is -0.286 e. The molecule has 1 aromatic rings. The van der Waals surface area contributed by atoms with Crippen molar-refractivity contribution in [2.45, 2.75) is 79.6 Å². The Bertz CT molecular complexity index is 449. The van der Waals surface area contributed by atoms with Crippen LogP contribution in [0.2, 0.25) is 0 Å². The van der Waals surface area contributed by atoms with Crippen molar-refractivity contribution in [1.29, 1.82) is 0 Å². The quantitative estimate of drug-likeness (QED) is 0.596. The molecular formula is C19H33N2OP. The number of hydrogen-bond donors (Lipinski definition) is 0. The SMILES string of the molecule is CC(C)N(C(C)C)P(C(=O)c1ccccc1)N(C(C)C)C(C)C. The van der Waals surface area contributed by atoms with Gasteiger partial charge in [0.05, 0.1) is 0 Å². The van der Waals surface area contributed by atoms with Crippen LogP contribution in [0, 0.1) is 0 Å². The summed E-state index contributed by atoms with van der Waals surface area (Å²) in [7, 11) is -1.06. The Morgan fingerprint density at radius 3 is 1.39 bits per heavy atom. The molecule has 0 atom stereocenters. The lowest BCUT2D eigenvalue weighted by Crippen LogP contribution is -2.44. The van der Waals surface area contributed by atoms with Gasteiger partial charge in [0, 0.05) is 29.7 Å². The summed E-state index contributed by atoms with van der Waals surface area (Å²) < 4.78 is 4.79. The van der Waals surface area contributed by atoms with Crippen LogP contribution in [0.4, 0.5) is 0 Å². The Hall–Kier alpha value is -0.760. The third-order valence-electron chi connectivity index (χ3n) is 3.76. The standard InChI is InChI=1S/C19H33N2OP/c1-14(2)20(15(3)4)23(21(16(5)6)17(7)8)19(22)18-12-10-9-11-13-18/h9-17H,1-8H3. The Morgan fingerprint density at radius 1 is 0.739 bits per heavy atom. The number of rotatable bonds is 8. The molecule has 0 spiro atoms. The molecule has 0 amide bonds. The number of nitrogens with zero attached hydrogens (tertiary/aromatic N) is 2. The molecule has 0 aliphatic rings. The minimum atomic E-state index is -1.06. The van der Waals surface area contributed by atoms with Gasteiger partial charge in [-0.25, -0.2) is 0 Å². The van der Waals surface area contributed by atoms with Gasteiger partial charge in [-0.05, 0) is 55.4 Å². The van der Waals surface area contributed by atoms with E-state index in [-0.39, 0.29) is 5.52 Å². The molecule has 0 bridgehead atoms. The predicted molar refractivity (Wildman–Crippen MR) is 102 cm³/mol. The lowest BCUT2D eigenvalue weighted by molar-refractivity contribution is 0.105. The summed E-state index contributed by atoms with van der Waals surface area (Å²) in [5, 5.41) is 0. The van der Waals surface area contributed by atoms with Crippen molar-refractivity contribution in [1.82, 2.24) is 9.34 Å². The summed E-state index contributed by atoms with van der Waals surface area (Å²) >= 11 is 0. The van der Waals surface area contributed by atoms with Crippen LogP contribution in [0.5, 0.6) is 0 Å². The van der Waals surface area contributed by atoms with E-state index in [4.69, 9.17) is 0 Å². The molecular weight excluding hydrogens is 303 g/mol. The molecule has 1 aromatic carbocycles. The second kappa shape index (κ2) is 8.92. The third kappa shape index (κ3) is 5.11. The van der Waals surface area contributed by atoms with Gasteiger partial charge < -0.3 is 0 Å². The van der Waals surface area contributed by atoms with Gasteiger partial charge in [-0.1, -0.05) is 30.3 Å². The van der Waals surface area contributed by atoms with Gasteiger partial charge in [-0.2, -0.15) is 0 Å². The zero-order chi connectivity index (χ0) is 17.7. The Balaban J connectivity index is 3.38. The topological polar surface area (TPSA) is 23.6 Å². The molecule has 0 N–H and O–H groups in total. The first-order valence-corrected chi connectivity index (χ1v) is 9.89. The third-order valence-corrected chi connectivity index (χ3v) is 7.10. The highest BCUT2D eigenvalue weighted by Crippen LogP contribution is 2.52. The van der Waals surface area contributed by atoms with Crippen molar-refractivity contribution in [3.8, 4) is 0 Å². The van der Waals surface area contributed by atoms with E-state index in [0.717, 1.165) is 5.56 Å². The lowest BCUT2D eigenvalue weighted by Gasteiger charge is -2.46. The van der Waals surface area contributed by atoms with Crippen LogP contribution in [-0.4, -0.2) is 39.0 Å². The minimum absolute atomic E-state index is 0.255. The molecule has 0 fully saturated rings. The normalized spacial score (nSPS) is 12.7. The van der Waals surface area contributed by atoms with Gasteiger partial charge in [0.2, 0.25) is 5.52 Å². The van der Waals surface area contributed by atoms with Gasteiger partial charge in [0.15, 0.2) is 0 Å². The van der Waals surface area contributed by atoms with Crippen LogP contribution in [0.25, 0.3) is 0 Å². The number of carbonyl (C=O) groups excluding carboxylic acids is 1. The maximum atomic E-state index is 13.4. The first-order valence-electron chi connectivity index (χ1n) is 8.64. The van der Waals surface area contributed by atoms with E-state index in [9.17, 15) is 4.79 Å². The van der Waals surface area contributed by atoms with Crippen molar-refractivity contribution in [2.75, 3.05) is 0 Å². The highest BCUT2D eigenvalue weighted by Gasteiger charge is 2.38. The summed E-state index contributed by atoms with van der Waals surface area (Å²) in [5.41, 5.74) is 1.07. The van der Waals surface area contributed by atoms with E-state index in [0.29, 0.717) is 24.2 Å². The van der Waals surface area contributed by atoms with Crippen LogP contribution < -0.4 is 0 Å². The molecule has 0 heterocycles. The van der Waals surface area contributed by atoms with Crippen molar-refractivity contribution in [3.05, 3.63) is 35.9 Å². The number of hydrogen-bond acceptors (Lipinski definition) is 3. The van der Waals surface area contributed by atoms with Crippen molar-refractivity contribution in [2.24, 2.45) is 0 Å². The molecule has 1 rings (SSSR count). The highest BCUT2D eigenvalue weighted by atomic mass is 31.1. The van der Waals surface area contributed by atoms with E-state index < -0.39 is 8.22 Å². The van der Waals surface area contributed by atoms with Crippen molar-refractivity contribution >= 4 is 13.7 Å². The monoisotopic (exact) mass is 336 g/mol. The zero-order valence-electron chi connectivity index (χ0n) is 15.9. The Labute approximate surface area is 143 Å². The molecule has 0 radical (unpaired) electrons. The van der Waals surface area contributed by atoms with Gasteiger partial charge in [0.1, 0.15) is 8.22 Å². The van der Waals surface area contributed by atoms with Gasteiger partial charge >= 0.3 is 0 Å². The summed E-state index contributed by atoms with van der Waals surface area (Å²) in [5.74, 6) is 0. The first kappa shape index (κ1) is 20.3. The van der Waals surface area contributed by atoms with E-state index in [1.165, 1.54) is 0 Å². The molecule has 0 saturated carbocycles. The molecule has 23 heavy (non-hydrogen) atoms. The van der Waals surface area contributed by atoms with Gasteiger partial charge in [0.25, 0.3) is 0 Å². The molecule has 4 heteroatoms. The van der Waals surface area contributed by atoms with Gasteiger partial charge in [-0.15, -0.1) is 0 Å². The average molecular weight is 336 g/mol. The highest BCUT2D eigenvalue weighted by molar-refractivity contribution is 7.71. The van der Waals surface area contributed by atoms with E-state index >= 15 is 0 Å². The van der Waals surface area contributed by atoms with E-state index in [2.05, 4.69) is 64.7 Å². The van der Waals surface area contributed by atoms with Crippen LogP contribution in [0.3, 0.4) is 0 Å². The maximum absolute atomic E-state index is 13.4. The Morgan fingerprint density at radius 2 is 1.09 bits per heavy atom. The van der Waals surface area contributed by atoms with Crippen LogP contribution >= 0.6 is 8.22 Å². The summed E-state index contributed by atoms with van der Waals surface area (Å²) in [6, 6.07) is 11.1. The fourth-order valence-corrected chi connectivity index (χ4v) is 5.88. The molecule has 0 unspecified atom stereocenters. The number of benzene rings is 1. The largest absolute Gasteiger partial charge is 0.286 e. The predicted octanol–water partition coefficient (Wildman–Crippen LogP) is 5.38. The van der Waals surface area contributed by atoms with Crippen molar-refractivity contribution in [3.63, 3.8) is 0 Å². The second-order valence-electron chi connectivity index (χ2n) is 7.10. The van der Waals surface area contributed by atoms with Crippen LogP contribution in [0.1, 0.15) is 65.7 Å². The van der Waals surface area contributed by atoms with E-state index in [1.807, 2.05) is 30.3 Å². The summed E-state index contributed by atoms with van der Waals surface area (Å²) in [4.78, 5) is 13.4. The zero-order valence-corrected chi connectivity index (χ0v) is 16.8. The molecule has 3 nitrogen and oxygen atoms in total. The summed E-state index contributed by atoms with van der Waals surface area (Å²) in [6.07, 6.45) is 0. The first-order chi connectivity index (χ1) is 10.7. The van der Waals surface area contributed by atoms with E-state index in [1.54, 1.807) is 0 Å². The van der Waals surface area contributed by atoms with Crippen LogP contribution in [0.15, 0.2) is 30.3 Å². The molecule has 130 valence electrons. The number of carbonyl (C=O) groups is 1. The molecule has 0 aliphatic carbocycles. The molecule has 0 aliphatic heterocycles. The lowest BCUT2D eigenvalue weighted by atomic mass is 10.2. The Kier molecular flexibility index (Phi) is 7.86. The molecule has 0 saturated heterocycles. The fraction of sp³-hybridized carbons (Fsp3) is 0.632. The average Bonchev–Trinajstić information content (AvgIpc) is 2.45. The van der Waals surface area contributed by atoms with Crippen molar-refractivity contribution < 1.29 is 4.79 Å². The smallest absolute Gasteiger partial charge is 0.214 e.